The van der Waals surface area contributed by atoms with E-state index < -0.39 is 0 Å². The topological polar surface area (TPSA) is 103 Å². The van der Waals surface area contributed by atoms with Crippen LogP contribution in [0.5, 0.6) is 0 Å². The molecule has 2 atom stereocenters. The predicted molar refractivity (Wildman–Crippen MR) is 446 cm³/mol. The number of para-hydroxylation sites is 2. The molecule has 4 aliphatic rings. The summed E-state index contributed by atoms with van der Waals surface area (Å²) in [4.78, 5) is 40.9. The minimum absolute atomic E-state index is 0.198. The number of benzene rings is 11. The van der Waals surface area contributed by atoms with Gasteiger partial charge < -0.3 is 0 Å². The summed E-state index contributed by atoms with van der Waals surface area (Å²) in [5, 5.41) is 13.3. The van der Waals surface area contributed by atoms with Crippen molar-refractivity contribution in [2.45, 2.75) is 0 Å². The summed E-state index contributed by atoms with van der Waals surface area (Å²) in [5.41, 5.74) is 30.0. The largest absolute Gasteiger partial charge is 0.254 e. The summed E-state index contributed by atoms with van der Waals surface area (Å²) in [6.45, 7) is 0. The van der Waals surface area contributed by atoms with Crippen molar-refractivity contribution in [3.8, 4) is 56.2 Å². The van der Waals surface area contributed by atoms with Crippen molar-refractivity contribution >= 4 is 131 Å². The van der Waals surface area contributed by atoms with E-state index in [1.54, 1.807) is 0 Å². The molecule has 0 radical (unpaired) electrons. The van der Waals surface area contributed by atoms with Gasteiger partial charge in [-0.3, -0.25) is 9.97 Å². The monoisotopic (exact) mass is 1370 g/mol. The molecule has 23 rings (SSSR count). The van der Waals surface area contributed by atoms with Gasteiger partial charge >= 0.3 is 0 Å². The van der Waals surface area contributed by atoms with Crippen LogP contribution in [0, 0.1) is 11.8 Å². The van der Waals surface area contributed by atoms with Gasteiger partial charge in [0.15, 0.2) is 0 Å². The number of hydrogen-bond acceptors (Lipinski definition) is 8. The molecule has 0 amide bonds. The lowest BCUT2D eigenvalue weighted by Gasteiger charge is -2.42. The fourth-order valence-corrected chi connectivity index (χ4v) is 17.1. The number of hydrogen-bond donors (Lipinski definition) is 0. The van der Waals surface area contributed by atoms with Gasteiger partial charge in [-0.05, 0) is 110 Å². The summed E-state index contributed by atoms with van der Waals surface area (Å²) < 4.78 is 0. The summed E-state index contributed by atoms with van der Waals surface area (Å²) in [5.74, 6) is 0.401. The first-order chi connectivity index (χ1) is 53.5. The van der Waals surface area contributed by atoms with Gasteiger partial charge in [-0.25, -0.2) is 29.9 Å². The van der Waals surface area contributed by atoms with Crippen molar-refractivity contribution in [2.24, 2.45) is 11.8 Å². The van der Waals surface area contributed by atoms with Gasteiger partial charge in [0.1, 0.15) is 0 Å². The Bertz CT molecular complexity index is 7350. The summed E-state index contributed by atoms with van der Waals surface area (Å²) in [6.07, 6.45) is 22.5. The summed E-state index contributed by atoms with van der Waals surface area (Å²) in [6, 6.07) is 102. The first-order valence-electron chi connectivity index (χ1n) is 36.7. The maximum Gasteiger partial charge on any atom is 0.0978 e. The number of nitrogens with zero attached hydrogens (tertiary/aromatic N) is 8. The van der Waals surface area contributed by atoms with Gasteiger partial charge in [0.25, 0.3) is 0 Å². The van der Waals surface area contributed by atoms with Crippen LogP contribution < -0.4 is 0 Å². The predicted octanol–water partition coefficient (Wildman–Crippen LogP) is 24.6. The second kappa shape index (κ2) is 24.7. The smallest absolute Gasteiger partial charge is 0.0978 e. The second-order valence-electron chi connectivity index (χ2n) is 28.4. The molecule has 8 heterocycles. The Morgan fingerprint density at radius 1 is 0.241 bits per heavy atom. The third-order valence-electron chi connectivity index (χ3n) is 22.3. The molecule has 2 unspecified atom stereocenters. The van der Waals surface area contributed by atoms with E-state index in [4.69, 9.17) is 39.9 Å². The lowest BCUT2D eigenvalue weighted by atomic mass is 9.61. The van der Waals surface area contributed by atoms with Crippen molar-refractivity contribution in [1.82, 2.24) is 39.9 Å². The van der Waals surface area contributed by atoms with Crippen LogP contribution in [0.4, 0.5) is 0 Å². The molecule has 8 nitrogen and oxygen atoms in total. The minimum atomic E-state index is 0.198. The SMILES string of the molecule is C1=CC2=C(c3cnc4c(ccc5ccc(-c6ccccc6)nc54)c3)C=CC3=CC=C4C(c5c6ccccc6nc6c5ccc5cccnc56)=CC=C1C4C32.c1ccc(-c2ccc3ccc4ccc(-c5ccc6cc(-c7c8ccccc8nc8c7ccc7ccc(-c9ccccc9)nc78)ccc6c5)nc4c3n2)cc1. The van der Waals surface area contributed by atoms with Crippen molar-refractivity contribution < 1.29 is 0 Å². The zero-order valence-electron chi connectivity index (χ0n) is 58.2. The molecule has 0 bridgehead atoms. The summed E-state index contributed by atoms with van der Waals surface area (Å²) in [7, 11) is 0. The van der Waals surface area contributed by atoms with Gasteiger partial charge in [-0.1, -0.05) is 279 Å². The molecule has 4 aliphatic carbocycles. The fourth-order valence-electron chi connectivity index (χ4n) is 17.1. The Hall–Kier alpha value is -14.3. The van der Waals surface area contributed by atoms with E-state index in [9.17, 15) is 0 Å². The molecule has 0 aliphatic heterocycles. The highest BCUT2D eigenvalue weighted by Gasteiger charge is 2.41. The average molecular weight is 1370 g/mol. The maximum atomic E-state index is 5.22. The third-order valence-corrected chi connectivity index (χ3v) is 22.3. The normalized spacial score (nSPS) is 15.1. The highest BCUT2D eigenvalue weighted by molar-refractivity contribution is 6.18. The number of allylic oxidation sites excluding steroid dienone is 14. The van der Waals surface area contributed by atoms with E-state index in [0.29, 0.717) is 0 Å². The Morgan fingerprint density at radius 2 is 0.676 bits per heavy atom. The van der Waals surface area contributed by atoms with Crippen molar-refractivity contribution in [2.75, 3.05) is 0 Å². The van der Waals surface area contributed by atoms with Crippen LogP contribution >= 0.6 is 0 Å². The highest BCUT2D eigenvalue weighted by atomic mass is 14.8. The average Bonchev–Trinajstić information content (AvgIpc) is 0.714. The van der Waals surface area contributed by atoms with E-state index >= 15 is 0 Å². The molecule has 8 heteroatoms. The van der Waals surface area contributed by atoms with Crippen molar-refractivity contribution in [1.29, 1.82) is 0 Å². The molecule has 0 saturated heterocycles. The third kappa shape index (κ3) is 10.1. The highest BCUT2D eigenvalue weighted by Crippen LogP contribution is 2.55. The molecule has 11 aromatic carbocycles. The lowest BCUT2D eigenvalue weighted by Crippen LogP contribution is -2.30. The molecule has 19 aromatic rings. The number of aromatic nitrogens is 8. The molecular formula is C100H60N8. The second-order valence-corrected chi connectivity index (χ2v) is 28.4. The number of fused-ring (bicyclic) bond motifs is 15. The Kier molecular flexibility index (Phi) is 14.0. The first-order valence-corrected chi connectivity index (χ1v) is 36.7. The van der Waals surface area contributed by atoms with E-state index in [-0.39, 0.29) is 11.8 Å². The van der Waals surface area contributed by atoms with E-state index in [2.05, 4.69) is 303 Å². The Balaban J connectivity index is 0.000000134. The van der Waals surface area contributed by atoms with Gasteiger partial charge in [0.05, 0.1) is 77.9 Å². The van der Waals surface area contributed by atoms with Crippen LogP contribution in [-0.4, -0.2) is 39.9 Å². The van der Waals surface area contributed by atoms with Crippen LogP contribution in [0.2, 0.25) is 0 Å². The van der Waals surface area contributed by atoms with Crippen LogP contribution in [0.1, 0.15) is 11.1 Å². The zero-order chi connectivity index (χ0) is 70.9. The van der Waals surface area contributed by atoms with Crippen molar-refractivity contribution in [3.05, 3.63) is 386 Å². The van der Waals surface area contributed by atoms with Gasteiger partial charge in [-0.15, -0.1) is 0 Å². The van der Waals surface area contributed by atoms with Gasteiger partial charge in [0, 0.05) is 117 Å². The van der Waals surface area contributed by atoms with Crippen LogP contribution in [0.15, 0.2) is 374 Å². The van der Waals surface area contributed by atoms with E-state index in [1.807, 2.05) is 48.8 Å². The van der Waals surface area contributed by atoms with Gasteiger partial charge in [0.2, 0.25) is 0 Å². The number of pyridine rings is 8. The molecule has 0 spiro atoms. The van der Waals surface area contributed by atoms with Crippen molar-refractivity contribution in [3.63, 3.8) is 0 Å². The van der Waals surface area contributed by atoms with Crippen LogP contribution in [0.25, 0.3) is 187 Å². The first kappa shape index (κ1) is 61.2. The summed E-state index contributed by atoms with van der Waals surface area (Å²) >= 11 is 0. The number of rotatable bonds is 7. The molecule has 500 valence electrons. The molecule has 0 fully saturated rings. The molecule has 0 saturated carbocycles. The molecule has 8 aromatic heterocycles. The maximum absolute atomic E-state index is 5.22. The molecule has 0 N–H and O–H groups in total. The standard InChI is InChI=1S/2C50H30N4/c1-2-7-29(8-3-1)42-25-19-33-12-13-34-27-35(28-52-48(34)49(33)53-42)36-20-14-30-16-22-38-39(23-17-31-15-21-37(36)44(30)45(31)38)46-40-10-4-5-11-43(40)54-50-41(46)24-18-32-9-6-26-51-47(32)50;1-3-9-31(10-4-1)42-26-22-33-15-16-34-24-28-44(53-48(34)47(33)51-42)38-19-17-37-30-39(20-18-36(37)29-38)46-40-13-7-8-14-45(40)54-50-41(46)25-21-35-23-27-43(52-49(35)50)32-11-5-2-6-12-32/h1-28,44-45H;1-30H. The Labute approximate surface area is 620 Å². The Morgan fingerprint density at radius 3 is 1.30 bits per heavy atom. The van der Waals surface area contributed by atoms with E-state index in [1.165, 1.54) is 44.6 Å². The van der Waals surface area contributed by atoms with Gasteiger partial charge in [-0.2, -0.15) is 0 Å². The van der Waals surface area contributed by atoms with E-state index in [0.717, 1.165) is 176 Å². The molecule has 108 heavy (non-hydrogen) atoms. The lowest BCUT2D eigenvalue weighted by molar-refractivity contribution is 0.569. The quantitative estimate of drug-likeness (QED) is 0.115. The molecular weight excluding hydrogens is 1310 g/mol. The minimum Gasteiger partial charge on any atom is -0.254 e. The fraction of sp³-hybridized carbons (Fsp3) is 0.0200. The zero-order valence-corrected chi connectivity index (χ0v) is 58.2. The van der Waals surface area contributed by atoms with Crippen LogP contribution in [0.3, 0.4) is 0 Å². The van der Waals surface area contributed by atoms with Crippen LogP contribution in [-0.2, 0) is 0 Å².